The zero-order chi connectivity index (χ0) is 21.4. The molecule has 29 heavy (non-hydrogen) atoms. The minimum atomic E-state index is -0.718. The number of ether oxygens (including phenoxy) is 1. The Kier molecular flexibility index (Phi) is 8.36. The minimum Gasteiger partial charge on any atom is -0.465 e. The Morgan fingerprint density at radius 3 is 2.10 bits per heavy atom. The zero-order valence-corrected chi connectivity index (χ0v) is 18.4. The molecular weight excluding hydrogens is 412 g/mol. The number of methoxy groups -OCH3 is 1. The van der Waals surface area contributed by atoms with E-state index in [4.69, 9.17) is 0 Å². The van der Waals surface area contributed by atoms with E-state index < -0.39 is 11.6 Å². The smallest absolute Gasteiger partial charge is 0.350 e. The minimum absolute atomic E-state index is 0.0842. The number of thiophene rings is 2. The number of esters is 1. The average Bonchev–Trinajstić information content (AvgIpc) is 3.31. The standard InChI is InChI=1S/C12H17NO2S.C8H9NO3S/c1-9(14)13-10-5-8-16-11(10)12(15)6-3-2-4-7-12;1-5(10)9-6-3-4-13-7(6)8(11)12-2/h5,8,15H,2-4,6-7H2,1H3,(H,13,14);3-4H,1-2H3,(H,9,10). The Hall–Kier alpha value is -2.23. The maximum Gasteiger partial charge on any atom is 0.350 e. The first-order valence-electron chi connectivity index (χ1n) is 9.28. The highest BCUT2D eigenvalue weighted by Gasteiger charge is 2.34. The maximum atomic E-state index is 11.1. The van der Waals surface area contributed by atoms with Crippen LogP contribution >= 0.6 is 22.7 Å². The lowest BCUT2D eigenvalue weighted by Gasteiger charge is -2.32. The third-order valence-corrected chi connectivity index (χ3v) is 6.43. The van der Waals surface area contributed by atoms with Gasteiger partial charge in [0, 0.05) is 13.8 Å². The summed E-state index contributed by atoms with van der Waals surface area (Å²) in [5.41, 5.74) is 0.566. The van der Waals surface area contributed by atoms with Crippen LogP contribution in [0.25, 0.3) is 0 Å². The second-order valence-electron chi connectivity index (χ2n) is 6.77. The molecule has 1 saturated carbocycles. The van der Waals surface area contributed by atoms with E-state index in [1.165, 1.54) is 50.1 Å². The Balaban J connectivity index is 0.000000212. The van der Waals surface area contributed by atoms with Gasteiger partial charge >= 0.3 is 5.97 Å². The van der Waals surface area contributed by atoms with Crippen molar-refractivity contribution >= 4 is 51.8 Å². The fourth-order valence-corrected chi connectivity index (χ4v) is 4.95. The summed E-state index contributed by atoms with van der Waals surface area (Å²) in [5.74, 6) is -0.721. The van der Waals surface area contributed by atoms with E-state index >= 15 is 0 Å². The van der Waals surface area contributed by atoms with Crippen LogP contribution in [0.15, 0.2) is 22.9 Å². The molecule has 0 saturated heterocycles. The number of anilines is 2. The van der Waals surface area contributed by atoms with Crippen molar-refractivity contribution in [2.24, 2.45) is 0 Å². The fraction of sp³-hybridized carbons (Fsp3) is 0.450. The van der Waals surface area contributed by atoms with Crippen LogP contribution in [0.1, 0.15) is 60.5 Å². The van der Waals surface area contributed by atoms with Crippen molar-refractivity contribution in [2.75, 3.05) is 17.7 Å². The fourth-order valence-electron chi connectivity index (χ4n) is 3.17. The predicted molar refractivity (Wildman–Crippen MR) is 116 cm³/mol. The van der Waals surface area contributed by atoms with E-state index in [1.807, 2.05) is 11.4 Å². The molecule has 2 amide bonds. The number of aliphatic hydroxyl groups is 1. The molecule has 2 heterocycles. The molecule has 2 aromatic heterocycles. The summed E-state index contributed by atoms with van der Waals surface area (Å²) < 4.78 is 4.54. The SMILES string of the molecule is CC(=O)Nc1ccsc1C1(O)CCCCC1.COC(=O)c1sccc1NC(C)=O. The molecule has 7 nitrogen and oxygen atoms in total. The Morgan fingerprint density at radius 1 is 0.966 bits per heavy atom. The molecule has 1 fully saturated rings. The molecular formula is C20H26N2O5S2. The average molecular weight is 439 g/mol. The molecule has 0 bridgehead atoms. The predicted octanol–water partition coefficient (Wildman–Crippen LogP) is 4.35. The van der Waals surface area contributed by atoms with Gasteiger partial charge in [0.05, 0.1) is 23.4 Å². The van der Waals surface area contributed by atoms with Crippen LogP contribution in [0.5, 0.6) is 0 Å². The second kappa shape index (κ2) is 10.5. The number of carbonyl (C=O) groups excluding carboxylic acids is 3. The van der Waals surface area contributed by atoms with Crippen molar-refractivity contribution in [3.8, 4) is 0 Å². The van der Waals surface area contributed by atoms with Gasteiger partial charge in [-0.15, -0.1) is 22.7 Å². The van der Waals surface area contributed by atoms with Crippen LogP contribution < -0.4 is 10.6 Å². The molecule has 3 rings (SSSR count). The molecule has 0 radical (unpaired) electrons. The molecule has 0 atom stereocenters. The van der Waals surface area contributed by atoms with Crippen molar-refractivity contribution in [3.63, 3.8) is 0 Å². The highest BCUT2D eigenvalue weighted by atomic mass is 32.1. The first-order chi connectivity index (χ1) is 13.8. The van der Waals surface area contributed by atoms with Gasteiger partial charge in [0.1, 0.15) is 10.5 Å². The first-order valence-corrected chi connectivity index (χ1v) is 11.0. The molecule has 1 aliphatic rings. The highest BCUT2D eigenvalue weighted by molar-refractivity contribution is 7.12. The third kappa shape index (κ3) is 6.38. The van der Waals surface area contributed by atoms with Crippen molar-refractivity contribution in [2.45, 2.75) is 51.6 Å². The van der Waals surface area contributed by atoms with Crippen LogP contribution in [0.3, 0.4) is 0 Å². The van der Waals surface area contributed by atoms with Crippen LogP contribution in [0.2, 0.25) is 0 Å². The van der Waals surface area contributed by atoms with Crippen LogP contribution in [-0.2, 0) is 19.9 Å². The molecule has 0 aromatic carbocycles. The number of hydrogen-bond donors (Lipinski definition) is 3. The first kappa shape index (κ1) is 23.1. The van der Waals surface area contributed by atoms with Gasteiger partial charge in [-0.1, -0.05) is 19.3 Å². The molecule has 9 heteroatoms. The number of rotatable bonds is 4. The van der Waals surface area contributed by atoms with Gasteiger partial charge in [-0.25, -0.2) is 4.79 Å². The third-order valence-electron chi connectivity index (χ3n) is 4.43. The van der Waals surface area contributed by atoms with Gasteiger partial charge in [-0.05, 0) is 35.7 Å². The molecule has 0 aliphatic heterocycles. The number of hydrogen-bond acceptors (Lipinski definition) is 7. The van der Waals surface area contributed by atoms with Gasteiger partial charge in [-0.3, -0.25) is 9.59 Å². The van der Waals surface area contributed by atoms with Crippen LogP contribution in [0, 0.1) is 0 Å². The molecule has 0 unspecified atom stereocenters. The summed E-state index contributed by atoms with van der Waals surface area (Å²) in [6, 6.07) is 3.53. The number of nitrogens with one attached hydrogen (secondary N) is 2. The Bertz CT molecular complexity index is 853. The largest absolute Gasteiger partial charge is 0.465 e. The van der Waals surface area contributed by atoms with Crippen molar-refractivity contribution in [1.29, 1.82) is 0 Å². The van der Waals surface area contributed by atoms with Crippen LogP contribution in [0.4, 0.5) is 11.4 Å². The Morgan fingerprint density at radius 2 is 1.52 bits per heavy atom. The van der Waals surface area contributed by atoms with Gasteiger partial charge in [0.15, 0.2) is 0 Å². The van der Waals surface area contributed by atoms with Gasteiger partial charge in [0.25, 0.3) is 0 Å². The maximum absolute atomic E-state index is 11.1. The second-order valence-corrected chi connectivity index (χ2v) is 8.61. The number of amides is 2. The summed E-state index contributed by atoms with van der Waals surface area (Å²) in [4.78, 5) is 34.2. The summed E-state index contributed by atoms with van der Waals surface area (Å²) in [7, 11) is 1.31. The van der Waals surface area contributed by atoms with E-state index in [9.17, 15) is 19.5 Å². The van der Waals surface area contributed by atoms with E-state index in [0.29, 0.717) is 10.6 Å². The summed E-state index contributed by atoms with van der Waals surface area (Å²) in [5, 5.41) is 19.6. The lowest BCUT2D eigenvalue weighted by molar-refractivity contribution is -0.115. The normalized spacial score (nSPS) is 14.9. The zero-order valence-electron chi connectivity index (χ0n) is 16.7. The highest BCUT2D eigenvalue weighted by Crippen LogP contribution is 2.43. The monoisotopic (exact) mass is 438 g/mol. The number of carbonyl (C=O) groups is 3. The molecule has 0 spiro atoms. The Labute approximate surface area is 178 Å². The summed E-state index contributed by atoms with van der Waals surface area (Å²) >= 11 is 2.77. The van der Waals surface area contributed by atoms with E-state index in [2.05, 4.69) is 15.4 Å². The quantitative estimate of drug-likeness (QED) is 0.616. The lowest BCUT2D eigenvalue weighted by Crippen LogP contribution is -2.28. The summed E-state index contributed by atoms with van der Waals surface area (Å²) in [6.45, 7) is 2.88. The molecule has 158 valence electrons. The van der Waals surface area contributed by atoms with E-state index in [1.54, 1.807) is 11.4 Å². The summed E-state index contributed by atoms with van der Waals surface area (Å²) in [6.07, 6.45) is 4.94. The topological polar surface area (TPSA) is 105 Å². The van der Waals surface area contributed by atoms with E-state index in [-0.39, 0.29) is 11.8 Å². The van der Waals surface area contributed by atoms with Gasteiger partial charge in [0.2, 0.25) is 11.8 Å². The molecule has 1 aliphatic carbocycles. The van der Waals surface area contributed by atoms with Crippen LogP contribution in [-0.4, -0.2) is 30.0 Å². The molecule has 2 aromatic rings. The lowest BCUT2D eigenvalue weighted by atomic mass is 9.83. The van der Waals surface area contributed by atoms with Crippen molar-refractivity contribution in [1.82, 2.24) is 0 Å². The molecule has 3 N–H and O–H groups in total. The van der Waals surface area contributed by atoms with Gasteiger partial charge in [-0.2, -0.15) is 0 Å². The van der Waals surface area contributed by atoms with E-state index in [0.717, 1.165) is 36.2 Å². The van der Waals surface area contributed by atoms with Crippen molar-refractivity contribution < 1.29 is 24.2 Å². The van der Waals surface area contributed by atoms with Crippen molar-refractivity contribution in [3.05, 3.63) is 32.6 Å². The van der Waals surface area contributed by atoms with Gasteiger partial charge < -0.3 is 20.5 Å².